The maximum absolute atomic E-state index is 10.7. The molecule has 0 spiro atoms. The van der Waals surface area contributed by atoms with E-state index in [2.05, 4.69) is 41.2 Å². The largest absolute Gasteiger partial charge is 0.383 e. The Kier molecular flexibility index (Phi) is 5.31. The third-order valence-corrected chi connectivity index (χ3v) is 3.52. The van der Waals surface area contributed by atoms with Gasteiger partial charge in [-0.25, -0.2) is 0 Å². The summed E-state index contributed by atoms with van der Waals surface area (Å²) in [6.45, 7) is 4.76. The van der Waals surface area contributed by atoms with Crippen molar-refractivity contribution < 1.29 is 4.92 Å². The number of non-ortho nitro benzene ring substituents is 1. The first-order chi connectivity index (χ1) is 8.85. The van der Waals surface area contributed by atoms with Crippen LogP contribution < -0.4 is 5.32 Å². The van der Waals surface area contributed by atoms with Crippen molar-refractivity contribution in [2.75, 3.05) is 11.9 Å². The van der Waals surface area contributed by atoms with Crippen LogP contribution in [0.4, 0.5) is 11.4 Å². The Morgan fingerprint density at radius 3 is 2.79 bits per heavy atom. The van der Waals surface area contributed by atoms with E-state index in [9.17, 15) is 10.1 Å². The number of hydrogen-bond donors (Lipinski definition) is 1. The Morgan fingerprint density at radius 1 is 1.53 bits per heavy atom. The second-order valence-corrected chi connectivity index (χ2v) is 5.95. The van der Waals surface area contributed by atoms with Gasteiger partial charge in [-0.3, -0.25) is 10.1 Å². The molecule has 1 rings (SSSR count). The van der Waals surface area contributed by atoms with Gasteiger partial charge in [-0.1, -0.05) is 13.8 Å². The molecule has 5 nitrogen and oxygen atoms in total. The predicted octanol–water partition coefficient (Wildman–Crippen LogP) is 4.10. The van der Waals surface area contributed by atoms with Crippen LogP contribution in [-0.4, -0.2) is 11.5 Å². The van der Waals surface area contributed by atoms with Crippen molar-refractivity contribution in [2.45, 2.75) is 26.7 Å². The minimum absolute atomic E-state index is 0.0419. The van der Waals surface area contributed by atoms with E-state index in [1.54, 1.807) is 6.07 Å². The molecule has 102 valence electrons. The molecule has 1 aromatic carbocycles. The molecule has 0 bridgehead atoms. The highest BCUT2D eigenvalue weighted by atomic mass is 79.9. The van der Waals surface area contributed by atoms with E-state index in [0.717, 1.165) is 10.9 Å². The molecule has 0 heterocycles. The van der Waals surface area contributed by atoms with Gasteiger partial charge in [0.2, 0.25) is 0 Å². The number of nitrogens with one attached hydrogen (secondary N) is 1. The molecule has 6 heteroatoms. The average molecular weight is 326 g/mol. The third-order valence-electron chi connectivity index (χ3n) is 2.83. The lowest BCUT2D eigenvalue weighted by molar-refractivity contribution is -0.384. The molecule has 0 amide bonds. The molecule has 0 radical (unpaired) electrons. The molecule has 0 atom stereocenters. The molecule has 0 fully saturated rings. The average Bonchev–Trinajstić information content (AvgIpc) is 2.35. The van der Waals surface area contributed by atoms with Gasteiger partial charge >= 0.3 is 0 Å². The maximum Gasteiger partial charge on any atom is 0.271 e. The fraction of sp³-hybridized carbons (Fsp3) is 0.462. The van der Waals surface area contributed by atoms with Gasteiger partial charge in [0.05, 0.1) is 16.7 Å². The minimum Gasteiger partial charge on any atom is -0.383 e. The van der Waals surface area contributed by atoms with Crippen LogP contribution in [-0.2, 0) is 0 Å². The summed E-state index contributed by atoms with van der Waals surface area (Å²) in [5, 5.41) is 22.5. The van der Waals surface area contributed by atoms with Gasteiger partial charge in [0.15, 0.2) is 0 Å². The molecule has 0 saturated carbocycles. The Hall–Kier alpha value is -1.61. The highest BCUT2D eigenvalue weighted by Crippen LogP contribution is 2.29. The van der Waals surface area contributed by atoms with Gasteiger partial charge in [0, 0.05) is 29.6 Å². The van der Waals surface area contributed by atoms with Gasteiger partial charge in [-0.05, 0) is 33.8 Å². The molecular formula is C13H16BrN3O2. The Labute approximate surface area is 120 Å². The number of nitriles is 1. The minimum atomic E-state index is -0.418. The first-order valence-electron chi connectivity index (χ1n) is 5.90. The Morgan fingerprint density at radius 2 is 2.21 bits per heavy atom. The van der Waals surface area contributed by atoms with Crippen LogP contribution in [0.15, 0.2) is 22.7 Å². The van der Waals surface area contributed by atoms with E-state index in [4.69, 9.17) is 5.26 Å². The van der Waals surface area contributed by atoms with E-state index < -0.39 is 4.92 Å². The normalized spacial score (nSPS) is 10.8. The number of rotatable bonds is 6. The van der Waals surface area contributed by atoms with E-state index in [1.165, 1.54) is 12.1 Å². The van der Waals surface area contributed by atoms with Crippen LogP contribution in [0.2, 0.25) is 0 Å². The van der Waals surface area contributed by atoms with Gasteiger partial charge in [0.25, 0.3) is 5.69 Å². The number of nitrogens with zero attached hydrogens (tertiary/aromatic N) is 2. The van der Waals surface area contributed by atoms with Crippen LogP contribution >= 0.6 is 15.9 Å². The zero-order valence-electron chi connectivity index (χ0n) is 10.9. The van der Waals surface area contributed by atoms with Gasteiger partial charge in [-0.2, -0.15) is 5.26 Å². The maximum atomic E-state index is 10.7. The summed E-state index contributed by atoms with van der Waals surface area (Å²) >= 11 is 3.36. The standard InChI is InChI=1S/C13H16BrN3O2/c1-13(2,6-3-7-15)9-16-12-8-10(17(18)19)4-5-11(12)14/h4-5,8,16H,3,6,9H2,1-2H3. The van der Waals surface area contributed by atoms with Crippen molar-refractivity contribution in [1.29, 1.82) is 5.26 Å². The van der Waals surface area contributed by atoms with Crippen molar-refractivity contribution in [3.63, 3.8) is 0 Å². The number of nitro groups is 1. The molecule has 0 unspecified atom stereocenters. The fourth-order valence-electron chi connectivity index (χ4n) is 1.58. The van der Waals surface area contributed by atoms with Gasteiger partial charge in [-0.15, -0.1) is 0 Å². The zero-order valence-corrected chi connectivity index (χ0v) is 12.5. The molecule has 1 N–H and O–H groups in total. The zero-order chi connectivity index (χ0) is 14.5. The third kappa shape index (κ3) is 4.87. The summed E-state index contributed by atoms with van der Waals surface area (Å²) in [6, 6.07) is 6.75. The quantitative estimate of drug-likeness (QED) is 0.630. The summed E-state index contributed by atoms with van der Waals surface area (Å²) in [7, 11) is 0. The Balaban J connectivity index is 2.74. The predicted molar refractivity (Wildman–Crippen MR) is 77.9 cm³/mol. The molecule has 0 aliphatic carbocycles. The van der Waals surface area contributed by atoms with E-state index >= 15 is 0 Å². The number of hydrogen-bond acceptors (Lipinski definition) is 4. The number of anilines is 1. The summed E-state index contributed by atoms with van der Waals surface area (Å²) in [4.78, 5) is 10.3. The first kappa shape index (κ1) is 15.4. The summed E-state index contributed by atoms with van der Waals surface area (Å²) in [5.74, 6) is 0. The molecule has 0 aliphatic heterocycles. The lowest BCUT2D eigenvalue weighted by atomic mass is 9.88. The summed E-state index contributed by atoms with van der Waals surface area (Å²) in [5.41, 5.74) is 0.708. The van der Waals surface area contributed by atoms with E-state index in [-0.39, 0.29) is 11.1 Å². The van der Waals surface area contributed by atoms with Crippen molar-refractivity contribution >= 4 is 27.3 Å². The molecule has 0 saturated heterocycles. The van der Waals surface area contributed by atoms with E-state index in [0.29, 0.717) is 18.7 Å². The monoisotopic (exact) mass is 325 g/mol. The highest BCUT2D eigenvalue weighted by molar-refractivity contribution is 9.10. The smallest absolute Gasteiger partial charge is 0.271 e. The molecular weight excluding hydrogens is 310 g/mol. The summed E-state index contributed by atoms with van der Waals surface area (Å²) < 4.78 is 0.786. The van der Waals surface area contributed by atoms with Crippen LogP contribution in [0.1, 0.15) is 26.7 Å². The van der Waals surface area contributed by atoms with Gasteiger partial charge in [0.1, 0.15) is 0 Å². The lowest BCUT2D eigenvalue weighted by Gasteiger charge is -2.24. The molecule has 19 heavy (non-hydrogen) atoms. The van der Waals surface area contributed by atoms with Gasteiger partial charge < -0.3 is 5.32 Å². The second kappa shape index (κ2) is 6.53. The first-order valence-corrected chi connectivity index (χ1v) is 6.70. The Bertz CT molecular complexity index is 509. The molecule has 0 aromatic heterocycles. The van der Waals surface area contributed by atoms with Crippen molar-refractivity contribution in [2.24, 2.45) is 5.41 Å². The van der Waals surface area contributed by atoms with Crippen molar-refractivity contribution in [3.8, 4) is 6.07 Å². The highest BCUT2D eigenvalue weighted by Gasteiger charge is 2.18. The van der Waals surface area contributed by atoms with Crippen molar-refractivity contribution in [3.05, 3.63) is 32.8 Å². The summed E-state index contributed by atoms with van der Waals surface area (Å²) in [6.07, 6.45) is 1.29. The number of halogens is 1. The topological polar surface area (TPSA) is 79.0 Å². The second-order valence-electron chi connectivity index (χ2n) is 5.10. The van der Waals surface area contributed by atoms with E-state index in [1.807, 2.05) is 0 Å². The number of nitro benzene ring substituents is 1. The fourth-order valence-corrected chi connectivity index (χ4v) is 1.97. The number of benzene rings is 1. The lowest BCUT2D eigenvalue weighted by Crippen LogP contribution is -2.23. The van der Waals surface area contributed by atoms with Crippen LogP contribution in [0.5, 0.6) is 0 Å². The van der Waals surface area contributed by atoms with Crippen LogP contribution in [0.25, 0.3) is 0 Å². The molecule has 0 aliphatic rings. The SMILES string of the molecule is CC(C)(CCC#N)CNc1cc([N+](=O)[O-])ccc1Br. The van der Waals surface area contributed by atoms with Crippen LogP contribution in [0, 0.1) is 26.9 Å². The van der Waals surface area contributed by atoms with Crippen molar-refractivity contribution in [1.82, 2.24) is 0 Å². The van der Waals surface area contributed by atoms with Crippen LogP contribution in [0.3, 0.4) is 0 Å². The molecule has 1 aromatic rings.